The van der Waals surface area contributed by atoms with Crippen LogP contribution >= 0.6 is 0 Å². The first kappa shape index (κ1) is 22.6. The van der Waals surface area contributed by atoms with Gasteiger partial charge in [0.05, 0.1) is 11.9 Å². The maximum atomic E-state index is 13.0. The molecule has 4 aliphatic carbocycles. The molecule has 0 spiro atoms. The number of nitrogens with zero attached hydrogens (tertiary/aromatic N) is 1. The second kappa shape index (κ2) is 8.37. The summed E-state index contributed by atoms with van der Waals surface area (Å²) in [6, 6.07) is 21.4. The fourth-order valence-corrected chi connectivity index (χ4v) is 8.38. The number of hydrogen-bond donors (Lipinski definition) is 1. The highest BCUT2D eigenvalue weighted by Gasteiger charge is 2.51. The van der Waals surface area contributed by atoms with Gasteiger partial charge in [-0.1, -0.05) is 48.5 Å². The number of rotatable bonds is 6. The second-order valence-corrected chi connectivity index (χ2v) is 13.0. The number of fused-ring (bicyclic) bond motifs is 1. The Hall–Kier alpha value is -2.86. The van der Waals surface area contributed by atoms with Gasteiger partial charge in [-0.25, -0.2) is 8.42 Å². The minimum atomic E-state index is -3.66. The Bertz CT molecular complexity index is 1340. The van der Waals surface area contributed by atoms with E-state index in [1.165, 1.54) is 48.4 Å². The smallest absolute Gasteiger partial charge is 0.245 e. The molecule has 3 aromatic carbocycles. The van der Waals surface area contributed by atoms with E-state index in [4.69, 9.17) is 0 Å². The van der Waals surface area contributed by atoms with Gasteiger partial charge in [0.2, 0.25) is 15.9 Å². The molecular weight excluding hydrogens is 456 g/mol. The van der Waals surface area contributed by atoms with Crippen LogP contribution in [-0.2, 0) is 20.2 Å². The van der Waals surface area contributed by atoms with Crippen molar-refractivity contribution >= 4 is 38.1 Å². The van der Waals surface area contributed by atoms with Crippen LogP contribution in [0.3, 0.4) is 0 Å². The fourth-order valence-electron chi connectivity index (χ4n) is 7.51. The summed E-state index contributed by atoms with van der Waals surface area (Å²) in [6.07, 6.45) is 9.31. The standard InChI is InChI=1S/C29H32N2O3S/c1-35(33,34)31(27-8-4-6-23-5-2-3-7-26(23)27)19-28(32)30-25-11-9-24(10-12-25)29-16-20-13-21(17-29)15-22(14-20)18-29/h2-12,20-22H,13-19H2,1H3,(H,30,32). The molecule has 0 heterocycles. The molecule has 0 saturated heterocycles. The quantitative estimate of drug-likeness (QED) is 0.483. The van der Waals surface area contributed by atoms with E-state index in [0.717, 1.165) is 34.8 Å². The van der Waals surface area contributed by atoms with Crippen LogP contribution < -0.4 is 9.62 Å². The molecule has 1 amide bonds. The lowest BCUT2D eigenvalue weighted by atomic mass is 9.48. The first-order chi connectivity index (χ1) is 16.8. The van der Waals surface area contributed by atoms with Crippen LogP contribution in [0.2, 0.25) is 0 Å². The third-order valence-electron chi connectivity index (χ3n) is 8.54. The highest BCUT2D eigenvalue weighted by molar-refractivity contribution is 7.92. The zero-order valence-corrected chi connectivity index (χ0v) is 20.9. The summed E-state index contributed by atoms with van der Waals surface area (Å²) >= 11 is 0. The first-order valence-electron chi connectivity index (χ1n) is 12.6. The van der Waals surface area contributed by atoms with Crippen molar-refractivity contribution in [1.29, 1.82) is 0 Å². The summed E-state index contributed by atoms with van der Waals surface area (Å²) < 4.78 is 26.5. The Morgan fingerprint density at radius 3 is 2.11 bits per heavy atom. The Morgan fingerprint density at radius 2 is 1.49 bits per heavy atom. The first-order valence-corrected chi connectivity index (χ1v) is 14.5. The maximum absolute atomic E-state index is 13.0. The molecule has 182 valence electrons. The fraction of sp³-hybridized carbons (Fsp3) is 0.414. The Labute approximate surface area is 207 Å². The minimum Gasteiger partial charge on any atom is -0.325 e. The summed E-state index contributed by atoms with van der Waals surface area (Å²) in [5.74, 6) is 2.30. The van der Waals surface area contributed by atoms with E-state index in [1.54, 1.807) is 6.07 Å². The monoisotopic (exact) mass is 488 g/mol. The molecule has 0 radical (unpaired) electrons. The van der Waals surface area contributed by atoms with Gasteiger partial charge in [0.1, 0.15) is 6.54 Å². The molecule has 6 heteroatoms. The van der Waals surface area contributed by atoms with Crippen LogP contribution in [0.4, 0.5) is 11.4 Å². The number of benzene rings is 3. The molecule has 4 fully saturated rings. The molecule has 0 atom stereocenters. The largest absolute Gasteiger partial charge is 0.325 e. The molecule has 1 N–H and O–H groups in total. The number of sulfonamides is 1. The van der Waals surface area contributed by atoms with Gasteiger partial charge in [0.25, 0.3) is 0 Å². The molecule has 7 rings (SSSR count). The Kier molecular flexibility index (Phi) is 5.40. The van der Waals surface area contributed by atoms with Crippen molar-refractivity contribution in [1.82, 2.24) is 0 Å². The number of carbonyl (C=O) groups is 1. The summed E-state index contributed by atoms with van der Waals surface area (Å²) in [7, 11) is -3.66. The van der Waals surface area contributed by atoms with Crippen molar-refractivity contribution in [3.63, 3.8) is 0 Å². The van der Waals surface area contributed by atoms with Gasteiger partial charge in [0.15, 0.2) is 0 Å². The van der Waals surface area contributed by atoms with Crippen molar-refractivity contribution in [3.8, 4) is 0 Å². The van der Waals surface area contributed by atoms with Gasteiger partial charge in [-0.2, -0.15) is 0 Å². The Balaban J connectivity index is 1.20. The number of hydrogen-bond acceptors (Lipinski definition) is 3. The average molecular weight is 489 g/mol. The third kappa shape index (κ3) is 4.22. The van der Waals surface area contributed by atoms with Gasteiger partial charge in [0, 0.05) is 11.1 Å². The van der Waals surface area contributed by atoms with Crippen molar-refractivity contribution in [2.75, 3.05) is 22.4 Å². The van der Waals surface area contributed by atoms with Crippen LogP contribution in [0.1, 0.15) is 44.1 Å². The second-order valence-electron chi connectivity index (χ2n) is 11.1. The van der Waals surface area contributed by atoms with E-state index in [0.29, 0.717) is 16.8 Å². The summed E-state index contributed by atoms with van der Waals surface area (Å²) in [5, 5.41) is 4.65. The maximum Gasteiger partial charge on any atom is 0.245 e. The minimum absolute atomic E-state index is 0.274. The molecule has 0 aromatic heterocycles. The third-order valence-corrected chi connectivity index (χ3v) is 9.67. The summed E-state index contributed by atoms with van der Waals surface area (Å²) in [4.78, 5) is 13.0. The molecule has 35 heavy (non-hydrogen) atoms. The molecule has 0 aliphatic heterocycles. The topological polar surface area (TPSA) is 66.5 Å². The zero-order valence-electron chi connectivity index (χ0n) is 20.1. The molecule has 4 aliphatic rings. The van der Waals surface area contributed by atoms with Crippen LogP contribution in [-0.4, -0.2) is 27.1 Å². The van der Waals surface area contributed by atoms with E-state index in [1.807, 2.05) is 48.5 Å². The van der Waals surface area contributed by atoms with E-state index < -0.39 is 10.0 Å². The summed E-state index contributed by atoms with van der Waals surface area (Å²) in [6.45, 7) is -0.274. The molecule has 3 aromatic rings. The predicted octanol–water partition coefficient (Wildman–Crippen LogP) is 5.71. The van der Waals surface area contributed by atoms with Gasteiger partial charge in [-0.05, 0) is 90.8 Å². The van der Waals surface area contributed by atoms with E-state index >= 15 is 0 Å². The highest BCUT2D eigenvalue weighted by atomic mass is 32.2. The summed E-state index contributed by atoms with van der Waals surface area (Å²) in [5.41, 5.74) is 2.94. The van der Waals surface area contributed by atoms with E-state index in [2.05, 4.69) is 17.4 Å². The average Bonchev–Trinajstić information content (AvgIpc) is 2.81. The Morgan fingerprint density at radius 1 is 0.886 bits per heavy atom. The van der Waals surface area contributed by atoms with E-state index in [9.17, 15) is 13.2 Å². The van der Waals surface area contributed by atoms with Crippen molar-refractivity contribution in [2.45, 2.75) is 43.9 Å². The number of nitrogens with one attached hydrogen (secondary N) is 1. The van der Waals surface area contributed by atoms with Crippen LogP contribution in [0.5, 0.6) is 0 Å². The SMILES string of the molecule is CS(=O)(=O)N(CC(=O)Nc1ccc(C23CC4CC(CC(C4)C2)C3)cc1)c1cccc2ccccc12. The lowest BCUT2D eigenvalue weighted by Crippen LogP contribution is -2.48. The normalized spacial score (nSPS) is 27.2. The molecule has 5 nitrogen and oxygen atoms in total. The zero-order chi connectivity index (χ0) is 24.2. The predicted molar refractivity (Wildman–Crippen MR) is 141 cm³/mol. The van der Waals surface area contributed by atoms with E-state index in [-0.39, 0.29) is 12.5 Å². The van der Waals surface area contributed by atoms with Gasteiger partial charge >= 0.3 is 0 Å². The molecule has 4 saturated carbocycles. The van der Waals surface area contributed by atoms with Crippen LogP contribution in [0.25, 0.3) is 10.8 Å². The van der Waals surface area contributed by atoms with Crippen molar-refractivity contribution in [3.05, 3.63) is 72.3 Å². The highest BCUT2D eigenvalue weighted by Crippen LogP contribution is 2.60. The van der Waals surface area contributed by atoms with Crippen molar-refractivity contribution in [2.24, 2.45) is 17.8 Å². The molecular formula is C29H32N2O3S. The lowest BCUT2D eigenvalue weighted by molar-refractivity contribution is -0.114. The number of amides is 1. The van der Waals surface area contributed by atoms with Crippen molar-refractivity contribution < 1.29 is 13.2 Å². The van der Waals surface area contributed by atoms with Gasteiger partial charge in [-0.3, -0.25) is 9.10 Å². The molecule has 0 unspecified atom stereocenters. The number of carbonyl (C=O) groups excluding carboxylic acids is 1. The van der Waals surface area contributed by atoms with Crippen LogP contribution in [0, 0.1) is 17.8 Å². The molecule has 4 bridgehead atoms. The van der Waals surface area contributed by atoms with Gasteiger partial charge < -0.3 is 5.32 Å². The van der Waals surface area contributed by atoms with Crippen LogP contribution in [0.15, 0.2) is 66.7 Å². The number of anilines is 2. The lowest BCUT2D eigenvalue weighted by Gasteiger charge is -2.57. The van der Waals surface area contributed by atoms with Gasteiger partial charge in [-0.15, -0.1) is 0 Å².